The lowest BCUT2D eigenvalue weighted by Crippen LogP contribution is -2.28. The van der Waals surface area contributed by atoms with Gasteiger partial charge in [-0.05, 0) is 49.3 Å². The summed E-state index contributed by atoms with van der Waals surface area (Å²) in [6.45, 7) is 6.59. The fourth-order valence-corrected chi connectivity index (χ4v) is 3.36. The number of carbonyl (C=O) groups is 1. The third kappa shape index (κ3) is 7.90. The number of amides is 1. The Bertz CT molecular complexity index is 982. The number of benzene rings is 2. The van der Waals surface area contributed by atoms with Crippen molar-refractivity contribution in [1.29, 1.82) is 0 Å². The van der Waals surface area contributed by atoms with Crippen LogP contribution in [-0.2, 0) is 17.4 Å². The normalized spacial score (nSPS) is 11.5. The molecule has 0 unspecified atom stereocenters. The molecular weight excluding hydrogens is 463 g/mol. The van der Waals surface area contributed by atoms with Gasteiger partial charge < -0.3 is 15.0 Å². The van der Waals surface area contributed by atoms with Crippen LogP contribution in [0.15, 0.2) is 36.4 Å². The molecule has 0 fully saturated rings. The summed E-state index contributed by atoms with van der Waals surface area (Å²) in [6, 6.07) is 7.06. The van der Waals surface area contributed by atoms with Gasteiger partial charge in [0, 0.05) is 29.7 Å². The van der Waals surface area contributed by atoms with Gasteiger partial charge in [0.15, 0.2) is 5.75 Å². The number of alkyl halides is 3. The van der Waals surface area contributed by atoms with Crippen molar-refractivity contribution < 1.29 is 27.6 Å². The van der Waals surface area contributed by atoms with E-state index in [0.717, 1.165) is 25.2 Å². The summed E-state index contributed by atoms with van der Waals surface area (Å²) in [7, 11) is 0. The molecule has 1 N–H and O–H groups in total. The molecule has 0 saturated carbocycles. The quantitative estimate of drug-likeness (QED) is 0.331. The van der Waals surface area contributed by atoms with Gasteiger partial charge in [-0.15, -0.1) is 0 Å². The third-order valence-corrected chi connectivity index (χ3v) is 5.35. The SMILES string of the molecule is CCN(CC)CCOc1ccc(NC(=O)CCc2ccc(C(F)(F)F)cc2Cl)cc1[N+](=O)[O-]. The lowest BCUT2D eigenvalue weighted by Gasteiger charge is -2.18. The first-order valence-corrected chi connectivity index (χ1v) is 10.7. The van der Waals surface area contributed by atoms with Gasteiger partial charge in [-0.1, -0.05) is 31.5 Å². The molecule has 180 valence electrons. The average molecular weight is 488 g/mol. The fourth-order valence-electron chi connectivity index (χ4n) is 3.08. The first-order valence-electron chi connectivity index (χ1n) is 10.3. The second-order valence-electron chi connectivity index (χ2n) is 7.17. The van der Waals surface area contributed by atoms with Crippen LogP contribution in [0.2, 0.25) is 5.02 Å². The van der Waals surface area contributed by atoms with Gasteiger partial charge in [-0.2, -0.15) is 13.2 Å². The number of hydrogen-bond donors (Lipinski definition) is 1. The first-order chi connectivity index (χ1) is 15.5. The highest BCUT2D eigenvalue weighted by Crippen LogP contribution is 2.33. The minimum absolute atomic E-state index is 0.0684. The smallest absolute Gasteiger partial charge is 0.416 e. The van der Waals surface area contributed by atoms with Gasteiger partial charge in [-0.25, -0.2) is 0 Å². The Balaban J connectivity index is 1.99. The molecule has 2 aromatic carbocycles. The number of halogens is 4. The monoisotopic (exact) mass is 487 g/mol. The Morgan fingerprint density at radius 1 is 1.18 bits per heavy atom. The van der Waals surface area contributed by atoms with Crippen LogP contribution in [0, 0.1) is 10.1 Å². The summed E-state index contributed by atoms with van der Waals surface area (Å²) >= 11 is 5.91. The summed E-state index contributed by atoms with van der Waals surface area (Å²) in [6.07, 6.45) is -4.46. The van der Waals surface area contributed by atoms with Crippen molar-refractivity contribution >= 4 is 28.9 Å². The van der Waals surface area contributed by atoms with Crippen molar-refractivity contribution in [1.82, 2.24) is 4.90 Å². The van der Waals surface area contributed by atoms with E-state index in [2.05, 4.69) is 10.2 Å². The minimum Gasteiger partial charge on any atom is -0.485 e. The highest BCUT2D eigenvalue weighted by molar-refractivity contribution is 6.31. The molecule has 2 rings (SSSR count). The maximum absolute atomic E-state index is 12.7. The summed E-state index contributed by atoms with van der Waals surface area (Å²) < 4.78 is 43.7. The van der Waals surface area contributed by atoms with Crippen LogP contribution in [-0.4, -0.2) is 42.0 Å². The largest absolute Gasteiger partial charge is 0.485 e. The molecule has 0 bridgehead atoms. The van der Waals surface area contributed by atoms with E-state index in [0.29, 0.717) is 12.1 Å². The molecule has 0 aliphatic rings. The number of nitro groups is 1. The maximum atomic E-state index is 12.7. The number of nitrogens with zero attached hydrogens (tertiary/aromatic N) is 2. The molecule has 0 atom stereocenters. The molecule has 0 aliphatic heterocycles. The number of likely N-dealkylation sites (N-methyl/N-ethyl adjacent to an activating group) is 1. The molecule has 11 heteroatoms. The highest BCUT2D eigenvalue weighted by atomic mass is 35.5. The van der Waals surface area contributed by atoms with Gasteiger partial charge in [0.1, 0.15) is 6.61 Å². The molecule has 33 heavy (non-hydrogen) atoms. The van der Waals surface area contributed by atoms with Crippen LogP contribution in [0.3, 0.4) is 0 Å². The van der Waals surface area contributed by atoms with E-state index >= 15 is 0 Å². The van der Waals surface area contributed by atoms with Crippen molar-refractivity contribution in [2.75, 3.05) is 31.6 Å². The standard InChI is InChI=1S/C22H25ClF3N3O4/c1-3-28(4-2)11-12-33-20-9-8-17(14-19(20)29(31)32)27-21(30)10-6-15-5-7-16(13-18(15)23)22(24,25)26/h5,7-9,13-14H,3-4,6,10-12H2,1-2H3,(H,27,30). The predicted molar refractivity (Wildman–Crippen MR) is 120 cm³/mol. The van der Waals surface area contributed by atoms with Gasteiger partial charge in [-0.3, -0.25) is 14.9 Å². The zero-order valence-corrected chi connectivity index (χ0v) is 19.0. The summed E-state index contributed by atoms with van der Waals surface area (Å²) in [5, 5.41) is 13.9. The third-order valence-electron chi connectivity index (χ3n) is 5.00. The number of aryl methyl sites for hydroxylation is 1. The van der Waals surface area contributed by atoms with Crippen LogP contribution >= 0.6 is 11.6 Å². The molecule has 0 spiro atoms. The first kappa shape index (κ1) is 26.4. The Morgan fingerprint density at radius 3 is 2.45 bits per heavy atom. The van der Waals surface area contributed by atoms with Crippen LogP contribution in [0.25, 0.3) is 0 Å². The van der Waals surface area contributed by atoms with Crippen molar-refractivity contribution in [3.05, 3.63) is 62.7 Å². The zero-order chi connectivity index (χ0) is 24.6. The molecule has 0 heterocycles. The van der Waals surface area contributed by atoms with Gasteiger partial charge in [0.05, 0.1) is 10.5 Å². The summed E-state index contributed by atoms with van der Waals surface area (Å²) in [4.78, 5) is 25.2. The summed E-state index contributed by atoms with van der Waals surface area (Å²) in [5.41, 5.74) is -0.547. The van der Waals surface area contributed by atoms with E-state index in [9.17, 15) is 28.1 Å². The van der Waals surface area contributed by atoms with Crippen molar-refractivity contribution in [3.63, 3.8) is 0 Å². The minimum atomic E-state index is -4.50. The Kier molecular flexibility index (Phi) is 9.48. The summed E-state index contributed by atoms with van der Waals surface area (Å²) in [5.74, 6) is -0.364. The molecule has 2 aromatic rings. The number of hydrogen-bond acceptors (Lipinski definition) is 5. The van der Waals surface area contributed by atoms with Gasteiger partial charge in [0.25, 0.3) is 0 Å². The zero-order valence-electron chi connectivity index (χ0n) is 18.2. The van der Waals surface area contributed by atoms with Crippen LogP contribution in [0.5, 0.6) is 5.75 Å². The topological polar surface area (TPSA) is 84.7 Å². The highest BCUT2D eigenvalue weighted by Gasteiger charge is 2.30. The van der Waals surface area contributed by atoms with Crippen LogP contribution in [0.4, 0.5) is 24.5 Å². The van der Waals surface area contributed by atoms with Crippen LogP contribution in [0.1, 0.15) is 31.4 Å². The number of ether oxygens (including phenoxy) is 1. The second-order valence-corrected chi connectivity index (χ2v) is 7.57. The molecule has 0 aliphatic carbocycles. The van der Waals surface area contributed by atoms with Crippen molar-refractivity contribution in [2.45, 2.75) is 32.9 Å². The van der Waals surface area contributed by atoms with E-state index in [-0.39, 0.29) is 41.6 Å². The Labute approximate surface area is 194 Å². The lowest BCUT2D eigenvalue weighted by atomic mass is 10.1. The number of rotatable bonds is 11. The Morgan fingerprint density at radius 2 is 1.88 bits per heavy atom. The van der Waals surface area contributed by atoms with Crippen LogP contribution < -0.4 is 10.1 Å². The molecule has 0 saturated heterocycles. The molecular formula is C22H25ClF3N3O4. The van der Waals surface area contributed by atoms with E-state index in [4.69, 9.17) is 16.3 Å². The molecule has 0 aromatic heterocycles. The lowest BCUT2D eigenvalue weighted by molar-refractivity contribution is -0.385. The number of nitrogens with one attached hydrogen (secondary N) is 1. The van der Waals surface area contributed by atoms with Crippen molar-refractivity contribution in [3.8, 4) is 5.75 Å². The van der Waals surface area contributed by atoms with Gasteiger partial charge in [0.2, 0.25) is 5.91 Å². The van der Waals surface area contributed by atoms with E-state index in [1.807, 2.05) is 13.8 Å². The van der Waals surface area contributed by atoms with Gasteiger partial charge >= 0.3 is 11.9 Å². The maximum Gasteiger partial charge on any atom is 0.416 e. The molecule has 7 nitrogen and oxygen atoms in total. The fraction of sp³-hybridized carbons (Fsp3) is 0.409. The second kappa shape index (κ2) is 11.9. The van der Waals surface area contributed by atoms with E-state index in [1.54, 1.807) is 0 Å². The number of carbonyl (C=O) groups excluding carboxylic acids is 1. The van der Waals surface area contributed by atoms with E-state index < -0.39 is 22.6 Å². The Hall–Kier alpha value is -2.85. The molecule has 0 radical (unpaired) electrons. The average Bonchev–Trinajstić information content (AvgIpc) is 2.75. The predicted octanol–water partition coefficient (Wildman–Crippen LogP) is 5.56. The number of nitro benzene ring substituents is 1. The van der Waals surface area contributed by atoms with Crippen molar-refractivity contribution in [2.24, 2.45) is 0 Å². The molecule has 1 amide bonds. The van der Waals surface area contributed by atoms with E-state index in [1.165, 1.54) is 24.3 Å². The number of anilines is 1.